The summed E-state index contributed by atoms with van der Waals surface area (Å²) in [5.41, 5.74) is 1.96. The van der Waals surface area contributed by atoms with Crippen molar-refractivity contribution in [2.24, 2.45) is 0 Å². The van der Waals surface area contributed by atoms with Crippen molar-refractivity contribution in [1.82, 2.24) is 4.98 Å². The van der Waals surface area contributed by atoms with Gasteiger partial charge in [-0.3, -0.25) is 4.72 Å². The number of carboxylic acids is 1. The molecule has 8 nitrogen and oxygen atoms in total. The molecule has 0 saturated carbocycles. The van der Waals surface area contributed by atoms with Crippen LogP contribution in [-0.4, -0.2) is 43.8 Å². The van der Waals surface area contributed by atoms with Gasteiger partial charge >= 0.3 is 12.1 Å². The largest absolute Gasteiger partial charge is 0.490 e. The van der Waals surface area contributed by atoms with Gasteiger partial charge in [0.2, 0.25) is 0 Å². The summed E-state index contributed by atoms with van der Waals surface area (Å²) in [7, 11) is -3.77. The van der Waals surface area contributed by atoms with E-state index in [2.05, 4.69) is 9.71 Å². The molecule has 0 amide bonds. The van der Waals surface area contributed by atoms with Gasteiger partial charge < -0.3 is 14.7 Å². The molecule has 0 spiro atoms. The first-order chi connectivity index (χ1) is 15.9. The summed E-state index contributed by atoms with van der Waals surface area (Å²) in [5, 5.41) is 9.11. The van der Waals surface area contributed by atoms with E-state index in [1.54, 1.807) is 24.4 Å². The maximum absolute atomic E-state index is 14.0. The first-order valence-electron chi connectivity index (χ1n) is 9.42. The molecule has 1 aliphatic rings. The van der Waals surface area contributed by atoms with Gasteiger partial charge in [0.05, 0.1) is 17.1 Å². The third-order valence-corrected chi connectivity index (χ3v) is 6.69. The third kappa shape index (κ3) is 5.75. The molecule has 0 atom stereocenters. The zero-order valence-electron chi connectivity index (χ0n) is 17.3. The SMILES string of the molecule is Cc1c(F)cccc1N1CCOc2cc(S(=O)(=O)Nc3nccs3)ccc21.O=C(O)C(F)(F)F. The maximum Gasteiger partial charge on any atom is 0.490 e. The number of ether oxygens (including phenoxy) is 1. The van der Waals surface area contributed by atoms with E-state index in [0.29, 0.717) is 35.3 Å². The molecule has 2 heterocycles. The number of rotatable bonds is 4. The normalized spacial score (nSPS) is 13.3. The minimum Gasteiger partial charge on any atom is -0.489 e. The summed E-state index contributed by atoms with van der Waals surface area (Å²) in [4.78, 5) is 14.8. The number of hydrogen-bond acceptors (Lipinski definition) is 7. The Bertz CT molecular complexity index is 1280. The Balaban J connectivity index is 0.000000406. The van der Waals surface area contributed by atoms with Crippen LogP contribution in [0.3, 0.4) is 0 Å². The first-order valence-corrected chi connectivity index (χ1v) is 11.8. The molecule has 1 aromatic heterocycles. The number of halogens is 4. The monoisotopic (exact) mass is 519 g/mol. The second-order valence-electron chi connectivity index (χ2n) is 6.76. The van der Waals surface area contributed by atoms with E-state index in [1.807, 2.05) is 11.0 Å². The number of aliphatic carboxylic acids is 1. The molecule has 2 aromatic carbocycles. The van der Waals surface area contributed by atoms with E-state index in [9.17, 15) is 26.0 Å². The predicted octanol–water partition coefficient (Wildman–Crippen LogP) is 4.56. The molecule has 182 valence electrons. The standard InChI is InChI=1S/C18H16FN3O3S2.C2HF3O2/c1-12-14(19)3-2-4-15(12)22-8-9-25-17-11-13(5-6-16(17)22)27(23,24)21-18-20-7-10-26-18;3-2(4,5)1(6)7/h2-7,10-11H,8-9H2,1H3,(H,20,21);(H,6,7). The van der Waals surface area contributed by atoms with Crippen molar-refractivity contribution >= 4 is 43.8 Å². The number of thiazole rings is 1. The summed E-state index contributed by atoms with van der Waals surface area (Å²) < 4.78 is 79.0. The van der Waals surface area contributed by atoms with E-state index in [1.165, 1.54) is 35.7 Å². The zero-order valence-corrected chi connectivity index (χ0v) is 19.0. The molecule has 0 unspecified atom stereocenters. The lowest BCUT2D eigenvalue weighted by atomic mass is 10.1. The van der Waals surface area contributed by atoms with Crippen molar-refractivity contribution in [3.05, 3.63) is 59.4 Å². The highest BCUT2D eigenvalue weighted by atomic mass is 32.2. The third-order valence-electron chi connectivity index (χ3n) is 4.53. The van der Waals surface area contributed by atoms with Gasteiger partial charge in [-0.25, -0.2) is 22.6 Å². The number of nitrogens with zero attached hydrogens (tertiary/aromatic N) is 2. The number of hydrogen-bond donors (Lipinski definition) is 2. The number of benzene rings is 2. The van der Waals surface area contributed by atoms with Crippen LogP contribution in [0.1, 0.15) is 5.56 Å². The number of carbonyl (C=O) groups is 1. The van der Waals surface area contributed by atoms with Crippen molar-refractivity contribution < 1.29 is 40.6 Å². The minimum absolute atomic E-state index is 0.0780. The van der Waals surface area contributed by atoms with Crippen molar-refractivity contribution in [2.75, 3.05) is 22.8 Å². The van der Waals surface area contributed by atoms with Crippen LogP contribution >= 0.6 is 11.3 Å². The average molecular weight is 519 g/mol. The Morgan fingerprint density at radius 2 is 1.94 bits per heavy atom. The van der Waals surface area contributed by atoms with Crippen LogP contribution in [0.2, 0.25) is 0 Å². The number of aromatic nitrogens is 1. The molecule has 0 radical (unpaired) electrons. The number of sulfonamides is 1. The molecule has 1 aliphatic heterocycles. The van der Waals surface area contributed by atoms with Crippen LogP contribution in [-0.2, 0) is 14.8 Å². The highest BCUT2D eigenvalue weighted by Crippen LogP contribution is 2.39. The van der Waals surface area contributed by atoms with Crippen LogP contribution in [0, 0.1) is 12.7 Å². The van der Waals surface area contributed by atoms with E-state index in [0.717, 1.165) is 5.69 Å². The number of alkyl halides is 3. The topological polar surface area (TPSA) is 109 Å². The quantitative estimate of drug-likeness (QED) is 0.487. The first kappa shape index (κ1) is 25.2. The Morgan fingerprint density at radius 1 is 1.24 bits per heavy atom. The fraction of sp³-hybridized carbons (Fsp3) is 0.200. The highest BCUT2D eigenvalue weighted by Gasteiger charge is 2.38. The van der Waals surface area contributed by atoms with Crippen LogP contribution in [0.4, 0.5) is 34.1 Å². The minimum atomic E-state index is -5.08. The van der Waals surface area contributed by atoms with E-state index in [-0.39, 0.29) is 10.7 Å². The number of anilines is 3. The van der Waals surface area contributed by atoms with E-state index < -0.39 is 22.2 Å². The average Bonchev–Trinajstić information content (AvgIpc) is 3.27. The Labute approximate surface area is 195 Å². The van der Waals surface area contributed by atoms with E-state index >= 15 is 0 Å². The molecule has 0 bridgehead atoms. The van der Waals surface area contributed by atoms with Gasteiger partial charge in [0.1, 0.15) is 18.2 Å². The second-order valence-corrected chi connectivity index (χ2v) is 9.34. The summed E-state index contributed by atoms with van der Waals surface area (Å²) in [6, 6.07) is 9.57. The van der Waals surface area contributed by atoms with Crippen molar-refractivity contribution in [3.8, 4) is 5.75 Å². The zero-order chi connectivity index (χ0) is 25.1. The molecule has 0 aliphatic carbocycles. The summed E-state index contributed by atoms with van der Waals surface area (Å²) in [6.45, 7) is 2.63. The molecule has 3 aromatic rings. The smallest absolute Gasteiger partial charge is 0.489 e. The summed E-state index contributed by atoms with van der Waals surface area (Å²) in [6.07, 6.45) is -3.56. The lowest BCUT2D eigenvalue weighted by Gasteiger charge is -2.32. The van der Waals surface area contributed by atoms with Gasteiger partial charge in [0, 0.05) is 28.9 Å². The number of carboxylic acid groups (broad SMARTS) is 1. The molecule has 2 N–H and O–H groups in total. The highest BCUT2D eigenvalue weighted by molar-refractivity contribution is 7.93. The Hall–Kier alpha value is -3.39. The summed E-state index contributed by atoms with van der Waals surface area (Å²) >= 11 is 1.20. The van der Waals surface area contributed by atoms with Crippen molar-refractivity contribution in [3.63, 3.8) is 0 Å². The van der Waals surface area contributed by atoms with Gasteiger partial charge in [-0.1, -0.05) is 6.07 Å². The lowest BCUT2D eigenvalue weighted by molar-refractivity contribution is -0.192. The molecular formula is C20H17F4N3O5S2. The Morgan fingerprint density at radius 3 is 2.56 bits per heavy atom. The van der Waals surface area contributed by atoms with Crippen LogP contribution in [0.15, 0.2) is 52.9 Å². The summed E-state index contributed by atoms with van der Waals surface area (Å²) in [5.74, 6) is -2.60. The number of nitrogens with one attached hydrogen (secondary N) is 1. The fourth-order valence-electron chi connectivity index (χ4n) is 2.95. The van der Waals surface area contributed by atoms with E-state index in [4.69, 9.17) is 14.6 Å². The van der Waals surface area contributed by atoms with Crippen molar-refractivity contribution in [2.45, 2.75) is 18.0 Å². The number of fused-ring (bicyclic) bond motifs is 1. The van der Waals surface area contributed by atoms with Gasteiger partial charge in [0.25, 0.3) is 10.0 Å². The van der Waals surface area contributed by atoms with Gasteiger partial charge in [-0.15, -0.1) is 11.3 Å². The van der Waals surface area contributed by atoms with Crippen LogP contribution < -0.4 is 14.4 Å². The predicted molar refractivity (Wildman–Crippen MR) is 117 cm³/mol. The molecule has 14 heteroatoms. The van der Waals surface area contributed by atoms with Crippen molar-refractivity contribution in [1.29, 1.82) is 0 Å². The second kappa shape index (κ2) is 9.85. The maximum atomic E-state index is 14.0. The molecule has 4 rings (SSSR count). The van der Waals surface area contributed by atoms with Crippen LogP contribution in [0.5, 0.6) is 5.75 Å². The molecule has 34 heavy (non-hydrogen) atoms. The Kier molecular flexibility index (Phi) is 7.31. The lowest BCUT2D eigenvalue weighted by Crippen LogP contribution is -2.29. The van der Waals surface area contributed by atoms with Crippen LogP contribution in [0.25, 0.3) is 0 Å². The molecule has 0 saturated heterocycles. The van der Waals surface area contributed by atoms with Gasteiger partial charge in [0.15, 0.2) is 5.13 Å². The fourth-order valence-corrected chi connectivity index (χ4v) is 4.76. The molecular weight excluding hydrogens is 502 g/mol. The molecule has 0 fully saturated rings. The van der Waals surface area contributed by atoms with Gasteiger partial charge in [-0.2, -0.15) is 13.2 Å². The van der Waals surface area contributed by atoms with Gasteiger partial charge in [-0.05, 0) is 31.2 Å².